The summed E-state index contributed by atoms with van der Waals surface area (Å²) in [5.74, 6) is -1.02. The highest BCUT2D eigenvalue weighted by Gasteiger charge is 2.46. The van der Waals surface area contributed by atoms with Crippen molar-refractivity contribution in [2.45, 2.75) is 12.0 Å². The molecule has 112 valence electrons. The van der Waals surface area contributed by atoms with Gasteiger partial charge >= 0.3 is 0 Å². The van der Waals surface area contributed by atoms with Crippen LogP contribution in [-0.2, 0) is 10.4 Å². The van der Waals surface area contributed by atoms with Crippen molar-refractivity contribution in [2.75, 3.05) is 5.32 Å². The first-order chi connectivity index (χ1) is 10.4. The van der Waals surface area contributed by atoms with E-state index in [1.807, 2.05) is 0 Å². The first-order valence-electron chi connectivity index (χ1n) is 6.53. The predicted molar refractivity (Wildman–Crippen MR) is 84.4 cm³/mol. The second-order valence-corrected chi connectivity index (χ2v) is 5.99. The van der Waals surface area contributed by atoms with Gasteiger partial charge in [0, 0.05) is 26.9 Å². The van der Waals surface area contributed by atoms with Gasteiger partial charge in [0.05, 0.1) is 6.42 Å². The van der Waals surface area contributed by atoms with Crippen molar-refractivity contribution >= 4 is 40.6 Å². The van der Waals surface area contributed by atoms with Crippen LogP contribution in [0.4, 0.5) is 5.69 Å². The molecule has 0 aromatic heterocycles. The van der Waals surface area contributed by atoms with Crippen LogP contribution in [0.5, 0.6) is 0 Å². The van der Waals surface area contributed by atoms with Crippen LogP contribution < -0.4 is 5.32 Å². The van der Waals surface area contributed by atoms with Crippen LogP contribution in [0.15, 0.2) is 42.5 Å². The van der Waals surface area contributed by atoms with Gasteiger partial charge in [-0.3, -0.25) is 9.59 Å². The summed E-state index contributed by atoms with van der Waals surface area (Å²) >= 11 is 11.8. The van der Waals surface area contributed by atoms with Crippen LogP contribution in [0.1, 0.15) is 22.3 Å². The molecule has 2 aromatic rings. The molecule has 1 amide bonds. The lowest BCUT2D eigenvalue weighted by molar-refractivity contribution is -0.133. The molecule has 1 heterocycles. The van der Waals surface area contributed by atoms with Gasteiger partial charge in [0.25, 0.3) is 5.91 Å². The molecule has 0 bridgehead atoms. The van der Waals surface area contributed by atoms with Crippen LogP contribution >= 0.6 is 23.2 Å². The maximum Gasteiger partial charge on any atom is 0.261 e. The number of carbonyl (C=O) groups is 2. The Morgan fingerprint density at radius 2 is 1.86 bits per heavy atom. The Hall–Kier alpha value is -1.88. The van der Waals surface area contributed by atoms with Crippen LogP contribution in [-0.4, -0.2) is 16.8 Å². The van der Waals surface area contributed by atoms with E-state index >= 15 is 0 Å². The Kier molecular flexibility index (Phi) is 3.68. The lowest BCUT2D eigenvalue weighted by Crippen LogP contribution is -2.36. The number of aliphatic hydroxyl groups is 1. The zero-order valence-corrected chi connectivity index (χ0v) is 12.8. The van der Waals surface area contributed by atoms with E-state index in [-0.39, 0.29) is 12.2 Å². The number of carbonyl (C=O) groups excluding carboxylic acids is 2. The zero-order chi connectivity index (χ0) is 15.9. The molecule has 2 aromatic carbocycles. The lowest BCUT2D eigenvalue weighted by Gasteiger charge is -2.20. The zero-order valence-electron chi connectivity index (χ0n) is 11.3. The molecule has 6 heteroatoms. The molecule has 0 radical (unpaired) electrons. The van der Waals surface area contributed by atoms with Gasteiger partial charge in [-0.05, 0) is 30.3 Å². The normalized spacial score (nSPS) is 19.7. The topological polar surface area (TPSA) is 66.4 Å². The van der Waals surface area contributed by atoms with Crippen LogP contribution in [0.2, 0.25) is 10.0 Å². The van der Waals surface area contributed by atoms with Gasteiger partial charge < -0.3 is 10.4 Å². The highest BCUT2D eigenvalue weighted by atomic mass is 35.5. The molecule has 0 saturated carbocycles. The van der Waals surface area contributed by atoms with Gasteiger partial charge in [0.15, 0.2) is 11.4 Å². The van der Waals surface area contributed by atoms with Crippen LogP contribution in [0.3, 0.4) is 0 Å². The van der Waals surface area contributed by atoms with Crippen LogP contribution in [0.25, 0.3) is 0 Å². The Bertz CT molecular complexity index is 791. The molecular weight excluding hydrogens is 325 g/mol. The van der Waals surface area contributed by atoms with Gasteiger partial charge in [-0.1, -0.05) is 35.3 Å². The molecule has 22 heavy (non-hydrogen) atoms. The number of Topliss-reactive ketones (excluding diaryl/α,β-unsaturated/α-hetero) is 1. The minimum Gasteiger partial charge on any atom is -0.375 e. The monoisotopic (exact) mass is 335 g/mol. The Morgan fingerprint density at radius 1 is 1.14 bits per heavy atom. The summed E-state index contributed by atoms with van der Waals surface area (Å²) in [5, 5.41) is 14.1. The van der Waals surface area contributed by atoms with Crippen LogP contribution in [0, 0.1) is 0 Å². The number of rotatable bonds is 3. The fourth-order valence-electron chi connectivity index (χ4n) is 2.49. The third-order valence-electron chi connectivity index (χ3n) is 3.61. The molecular formula is C16H11Cl2NO3. The second kappa shape index (κ2) is 5.39. The maximum atomic E-state index is 12.4. The number of benzene rings is 2. The van der Waals surface area contributed by atoms with Gasteiger partial charge in [0.2, 0.25) is 0 Å². The molecule has 0 saturated heterocycles. The summed E-state index contributed by atoms with van der Waals surface area (Å²) in [5.41, 5.74) is -0.833. The van der Waals surface area contributed by atoms with Crippen molar-refractivity contribution in [3.05, 3.63) is 63.6 Å². The summed E-state index contributed by atoms with van der Waals surface area (Å²) in [4.78, 5) is 24.5. The SMILES string of the molecule is O=C(C[C@]1(O)C(=O)Nc2ccc(Cl)cc21)c1cccc(Cl)c1. The number of amides is 1. The van der Waals surface area contributed by atoms with E-state index in [0.717, 1.165) is 0 Å². The van der Waals surface area contributed by atoms with Gasteiger partial charge in [0.1, 0.15) is 0 Å². The van der Waals surface area contributed by atoms with E-state index in [0.29, 0.717) is 26.9 Å². The van der Waals surface area contributed by atoms with Crippen molar-refractivity contribution in [1.29, 1.82) is 0 Å². The molecule has 0 spiro atoms. The standard InChI is InChI=1S/C16H11Cl2NO3/c17-10-3-1-2-9(6-10)14(20)8-16(22)12-7-11(18)4-5-13(12)19-15(16)21/h1-7,22H,8H2,(H,19,21)/t16-/m1/s1. The average molecular weight is 336 g/mol. The fraction of sp³-hybridized carbons (Fsp3) is 0.125. The number of anilines is 1. The number of hydrogen-bond acceptors (Lipinski definition) is 3. The molecule has 1 atom stereocenters. The first-order valence-corrected chi connectivity index (χ1v) is 7.28. The fourth-order valence-corrected chi connectivity index (χ4v) is 2.85. The van der Waals surface area contributed by atoms with E-state index in [4.69, 9.17) is 23.2 Å². The van der Waals surface area contributed by atoms with E-state index in [2.05, 4.69) is 5.32 Å². The minimum atomic E-state index is -1.93. The Morgan fingerprint density at radius 3 is 2.59 bits per heavy atom. The molecule has 0 fully saturated rings. The van der Waals surface area contributed by atoms with Crippen molar-refractivity contribution in [3.63, 3.8) is 0 Å². The molecule has 1 aliphatic rings. The van der Waals surface area contributed by atoms with E-state index in [1.54, 1.807) is 30.3 Å². The number of nitrogens with one attached hydrogen (secondary N) is 1. The smallest absolute Gasteiger partial charge is 0.261 e. The number of halogens is 2. The third kappa shape index (κ3) is 2.50. The number of fused-ring (bicyclic) bond motifs is 1. The second-order valence-electron chi connectivity index (χ2n) is 5.11. The van der Waals surface area contributed by atoms with E-state index in [9.17, 15) is 14.7 Å². The molecule has 2 N–H and O–H groups in total. The largest absolute Gasteiger partial charge is 0.375 e. The molecule has 0 unspecified atom stereocenters. The summed E-state index contributed by atoms with van der Waals surface area (Å²) in [7, 11) is 0. The van der Waals surface area contributed by atoms with Crippen molar-refractivity contribution in [1.82, 2.24) is 0 Å². The summed E-state index contributed by atoms with van der Waals surface area (Å²) in [6.07, 6.45) is -0.382. The predicted octanol–water partition coefficient (Wildman–Crippen LogP) is 3.41. The van der Waals surface area contributed by atoms with Gasteiger partial charge in [-0.15, -0.1) is 0 Å². The Balaban J connectivity index is 1.96. The summed E-state index contributed by atoms with van der Waals surface area (Å²) in [6.45, 7) is 0. The maximum absolute atomic E-state index is 12.4. The third-order valence-corrected chi connectivity index (χ3v) is 4.08. The highest BCUT2D eigenvalue weighted by molar-refractivity contribution is 6.31. The summed E-state index contributed by atoms with van der Waals surface area (Å²) < 4.78 is 0. The first kappa shape index (κ1) is 15.0. The van der Waals surface area contributed by atoms with Crippen molar-refractivity contribution in [2.24, 2.45) is 0 Å². The molecule has 4 nitrogen and oxygen atoms in total. The quantitative estimate of drug-likeness (QED) is 0.844. The van der Waals surface area contributed by atoms with Gasteiger partial charge in [-0.2, -0.15) is 0 Å². The average Bonchev–Trinajstić information content (AvgIpc) is 2.71. The lowest BCUT2D eigenvalue weighted by atomic mass is 9.88. The molecule has 1 aliphatic heterocycles. The van der Waals surface area contributed by atoms with Crippen molar-refractivity contribution in [3.8, 4) is 0 Å². The van der Waals surface area contributed by atoms with E-state index < -0.39 is 11.5 Å². The number of ketones is 1. The number of hydrogen-bond donors (Lipinski definition) is 2. The molecule has 3 rings (SSSR count). The highest BCUT2D eigenvalue weighted by Crippen LogP contribution is 2.40. The Labute approximate surface area is 136 Å². The molecule has 0 aliphatic carbocycles. The van der Waals surface area contributed by atoms with Crippen molar-refractivity contribution < 1.29 is 14.7 Å². The van der Waals surface area contributed by atoms with E-state index in [1.165, 1.54) is 12.1 Å². The minimum absolute atomic E-state index is 0.306. The van der Waals surface area contributed by atoms with Gasteiger partial charge in [-0.25, -0.2) is 0 Å². The summed E-state index contributed by atoms with van der Waals surface area (Å²) in [6, 6.07) is 11.1.